The number of aliphatic hydroxyl groups excluding tert-OH is 2. The lowest BCUT2D eigenvalue weighted by Gasteiger charge is -2.49. The minimum atomic E-state index is -1.83. The molecule has 0 amide bonds. The lowest BCUT2D eigenvalue weighted by Crippen LogP contribution is -2.61. The molecule has 16 nitrogen and oxygen atoms in total. The molecular weight excluding hydrogens is 766 g/mol. The van der Waals surface area contributed by atoms with Gasteiger partial charge in [-0.3, -0.25) is 9.59 Å². The number of hydrogen-bond donors (Lipinski definition) is 5. The third kappa shape index (κ3) is 12.1. The predicted octanol–water partition coefficient (Wildman–Crippen LogP) is 2.43. The van der Waals surface area contributed by atoms with Crippen molar-refractivity contribution >= 4 is 11.9 Å². The van der Waals surface area contributed by atoms with Crippen molar-refractivity contribution in [3.63, 3.8) is 0 Å². The SMILES string of the molecule is CC[C@H]1OC(=O)[C@H](C)[C@@H](O[C@H]2C[C@@](C)(OC)[C@@H](O)[C@H](C)O2)[C@H](C)[C@@H](O[C@@H]2O[C@H](C)C[C@H](N(C)C)[C@H]2OC(=O)[C@@H](N)C(C)C)[C@](C)(O)C[C@@H](C)CN(C)[C@H](C)[C@@H](O)[C@]1(C)O. The Kier molecular flexibility index (Phi) is 18.2. The number of rotatable bonds is 10. The third-order valence-corrected chi connectivity index (χ3v) is 13.4. The van der Waals surface area contributed by atoms with Crippen molar-refractivity contribution in [1.82, 2.24) is 9.80 Å². The Labute approximate surface area is 353 Å². The number of carbonyl (C=O) groups is 2. The maximum absolute atomic E-state index is 14.4. The molecular formula is C43H81N3O13. The monoisotopic (exact) mass is 848 g/mol. The molecule has 6 N–H and O–H groups in total. The molecule has 3 aliphatic rings. The molecule has 0 aromatic rings. The zero-order valence-corrected chi connectivity index (χ0v) is 38.8. The van der Waals surface area contributed by atoms with Crippen LogP contribution in [0.3, 0.4) is 0 Å². The Morgan fingerprint density at radius 2 is 1.59 bits per heavy atom. The van der Waals surface area contributed by atoms with E-state index in [4.69, 9.17) is 38.9 Å². The van der Waals surface area contributed by atoms with Gasteiger partial charge in [0.1, 0.15) is 30.0 Å². The highest BCUT2D eigenvalue weighted by molar-refractivity contribution is 5.76. The molecule has 0 spiro atoms. The van der Waals surface area contributed by atoms with Crippen LogP contribution in [0.4, 0.5) is 0 Å². The average Bonchev–Trinajstić information content (AvgIpc) is 3.15. The van der Waals surface area contributed by atoms with Crippen molar-refractivity contribution in [3.8, 4) is 0 Å². The summed E-state index contributed by atoms with van der Waals surface area (Å²) in [5, 5.41) is 47.2. The molecule has 0 unspecified atom stereocenters. The van der Waals surface area contributed by atoms with Gasteiger partial charge < -0.3 is 69.1 Å². The molecule has 3 saturated heterocycles. The highest BCUT2D eigenvalue weighted by Gasteiger charge is 2.53. The van der Waals surface area contributed by atoms with E-state index in [-0.39, 0.29) is 43.2 Å². The molecule has 3 heterocycles. The number of hydrogen-bond acceptors (Lipinski definition) is 16. The van der Waals surface area contributed by atoms with Crippen LogP contribution >= 0.6 is 0 Å². The summed E-state index contributed by atoms with van der Waals surface area (Å²) in [6.07, 6.45) is -8.74. The Bertz CT molecular complexity index is 1350. The first-order valence-electron chi connectivity index (χ1n) is 21.6. The number of methoxy groups -OCH3 is 1. The first-order chi connectivity index (χ1) is 27.1. The van der Waals surface area contributed by atoms with E-state index < -0.39 is 108 Å². The molecule has 16 heteroatoms. The van der Waals surface area contributed by atoms with Gasteiger partial charge in [-0.1, -0.05) is 34.6 Å². The fourth-order valence-electron chi connectivity index (χ4n) is 9.33. The molecule has 3 fully saturated rings. The summed E-state index contributed by atoms with van der Waals surface area (Å²) in [7, 11) is 7.10. The number of cyclic esters (lactones) is 1. The van der Waals surface area contributed by atoms with Crippen molar-refractivity contribution in [1.29, 1.82) is 0 Å². The maximum Gasteiger partial charge on any atom is 0.323 e. The zero-order chi connectivity index (χ0) is 45.1. The Morgan fingerprint density at radius 3 is 2.14 bits per heavy atom. The summed E-state index contributed by atoms with van der Waals surface area (Å²) in [5.41, 5.74) is 1.75. The second-order valence-electron chi connectivity index (χ2n) is 19.3. The Hall–Kier alpha value is -1.54. The topological polar surface area (TPSA) is 212 Å². The predicted molar refractivity (Wildman–Crippen MR) is 221 cm³/mol. The number of esters is 2. The van der Waals surface area contributed by atoms with E-state index in [1.165, 1.54) is 14.0 Å². The van der Waals surface area contributed by atoms with Gasteiger partial charge in [0.15, 0.2) is 18.7 Å². The standard InChI is InChI=1S/C43H81N3O13/c1-17-30-43(12,52)35(47)27(8)46(15)21-23(4)19-41(10,51)37(59-40-34(58-39(50)32(44)22(2)3)29(45(13)14)18-24(5)54-40)25(6)33(26(7)38(49)56-30)57-31-20-42(11,53-16)36(48)28(9)55-31/h22-37,40,47-48,51-52H,17-21,44H2,1-16H3/t23-,24-,25+,26-,27-,28+,29+,30-,31+,32+,33+,34-,35-,36+,37-,40+,41-,42-,43-/m1/s1. The zero-order valence-electron chi connectivity index (χ0n) is 38.8. The molecule has 3 aliphatic heterocycles. The molecule has 0 aromatic heterocycles. The van der Waals surface area contributed by atoms with Gasteiger partial charge in [0.2, 0.25) is 0 Å². The first-order valence-corrected chi connectivity index (χ1v) is 21.6. The van der Waals surface area contributed by atoms with E-state index in [1.807, 2.05) is 65.6 Å². The third-order valence-electron chi connectivity index (χ3n) is 13.4. The van der Waals surface area contributed by atoms with Gasteiger partial charge in [-0.25, -0.2) is 0 Å². The van der Waals surface area contributed by atoms with Crippen LogP contribution in [0.25, 0.3) is 0 Å². The quantitative estimate of drug-likeness (QED) is 0.200. The van der Waals surface area contributed by atoms with Crippen molar-refractivity contribution in [2.24, 2.45) is 29.4 Å². The fourth-order valence-corrected chi connectivity index (χ4v) is 9.33. The molecule has 0 aromatic carbocycles. The fraction of sp³-hybridized carbons (Fsp3) is 0.953. The molecule has 0 bridgehead atoms. The highest BCUT2D eigenvalue weighted by Crippen LogP contribution is 2.40. The van der Waals surface area contributed by atoms with E-state index in [2.05, 4.69) is 0 Å². The molecule has 3 rings (SSSR count). The van der Waals surface area contributed by atoms with Gasteiger partial charge in [-0.05, 0) is 101 Å². The van der Waals surface area contributed by atoms with E-state index in [9.17, 15) is 30.0 Å². The van der Waals surface area contributed by atoms with Crippen LogP contribution in [-0.2, 0) is 42.7 Å². The van der Waals surface area contributed by atoms with Crippen LogP contribution in [-0.4, -0.2) is 173 Å². The maximum atomic E-state index is 14.4. The summed E-state index contributed by atoms with van der Waals surface area (Å²) in [4.78, 5) is 31.8. The van der Waals surface area contributed by atoms with E-state index in [0.29, 0.717) is 13.0 Å². The molecule has 0 radical (unpaired) electrons. The average molecular weight is 848 g/mol. The van der Waals surface area contributed by atoms with Crippen LogP contribution < -0.4 is 5.73 Å². The Balaban J connectivity index is 2.25. The number of carbonyl (C=O) groups excluding carboxylic acids is 2. The van der Waals surface area contributed by atoms with Crippen molar-refractivity contribution in [2.75, 3.05) is 34.8 Å². The van der Waals surface area contributed by atoms with Crippen LogP contribution in [0.1, 0.15) is 109 Å². The molecule has 19 atom stereocenters. The second-order valence-corrected chi connectivity index (χ2v) is 19.3. The first kappa shape index (κ1) is 51.8. The van der Waals surface area contributed by atoms with Crippen LogP contribution in [0.5, 0.6) is 0 Å². The highest BCUT2D eigenvalue weighted by atomic mass is 16.7. The summed E-state index contributed by atoms with van der Waals surface area (Å²) >= 11 is 0. The summed E-state index contributed by atoms with van der Waals surface area (Å²) in [6, 6.07) is -1.81. The lowest BCUT2D eigenvalue weighted by atomic mass is 9.77. The molecule has 0 aliphatic carbocycles. The normalized spacial score (nSPS) is 45.7. The molecule has 59 heavy (non-hydrogen) atoms. The van der Waals surface area contributed by atoms with Gasteiger partial charge in [0, 0.05) is 32.0 Å². The number of likely N-dealkylation sites (N-methyl/N-ethyl adjacent to an activating group) is 2. The Morgan fingerprint density at radius 1 is 0.983 bits per heavy atom. The smallest absolute Gasteiger partial charge is 0.323 e. The summed E-state index contributed by atoms with van der Waals surface area (Å²) in [6.45, 7) is 21.6. The van der Waals surface area contributed by atoms with Gasteiger partial charge >= 0.3 is 11.9 Å². The van der Waals surface area contributed by atoms with Gasteiger partial charge in [0.05, 0.1) is 47.6 Å². The van der Waals surface area contributed by atoms with Crippen LogP contribution in [0, 0.1) is 23.7 Å². The van der Waals surface area contributed by atoms with Crippen LogP contribution in [0.15, 0.2) is 0 Å². The number of nitrogens with zero attached hydrogens (tertiary/aromatic N) is 2. The number of nitrogens with two attached hydrogens (primary N) is 1. The van der Waals surface area contributed by atoms with Crippen molar-refractivity contribution < 1.29 is 63.2 Å². The molecule has 346 valence electrons. The summed E-state index contributed by atoms with van der Waals surface area (Å²) in [5.74, 6) is -3.59. The van der Waals surface area contributed by atoms with E-state index in [1.54, 1.807) is 41.5 Å². The second kappa shape index (κ2) is 20.8. The van der Waals surface area contributed by atoms with Gasteiger partial charge in [0.25, 0.3) is 0 Å². The minimum absolute atomic E-state index is 0.101. The van der Waals surface area contributed by atoms with Crippen molar-refractivity contribution in [2.45, 2.75) is 205 Å². The molecule has 0 saturated carbocycles. The van der Waals surface area contributed by atoms with Crippen molar-refractivity contribution in [3.05, 3.63) is 0 Å². The van der Waals surface area contributed by atoms with Gasteiger partial charge in [-0.15, -0.1) is 0 Å². The van der Waals surface area contributed by atoms with Gasteiger partial charge in [-0.2, -0.15) is 0 Å². The van der Waals surface area contributed by atoms with E-state index in [0.717, 1.165) is 0 Å². The van der Waals surface area contributed by atoms with E-state index >= 15 is 0 Å². The summed E-state index contributed by atoms with van der Waals surface area (Å²) < 4.78 is 44.5. The largest absolute Gasteiger partial charge is 0.459 e. The number of ether oxygens (including phenoxy) is 7. The lowest BCUT2D eigenvalue weighted by molar-refractivity contribution is -0.319. The number of aliphatic hydroxyl groups is 4. The van der Waals surface area contributed by atoms with Crippen LogP contribution in [0.2, 0.25) is 0 Å². The minimum Gasteiger partial charge on any atom is -0.459 e.